The highest BCUT2D eigenvalue weighted by Crippen LogP contribution is 2.26. The Kier molecular flexibility index (Phi) is 4.46. The fourth-order valence-electron chi connectivity index (χ4n) is 2.19. The molecule has 2 atom stereocenters. The molecule has 0 saturated heterocycles. The second kappa shape index (κ2) is 6.09. The Balaban J connectivity index is 2.11. The van der Waals surface area contributed by atoms with E-state index in [4.69, 9.17) is 11.6 Å². The van der Waals surface area contributed by atoms with E-state index in [9.17, 15) is 5.11 Å². The first kappa shape index (κ1) is 13.9. The van der Waals surface area contributed by atoms with Gasteiger partial charge in [-0.2, -0.15) is 0 Å². The minimum Gasteiger partial charge on any atom is -0.508 e. The third-order valence-corrected chi connectivity index (χ3v) is 3.49. The molecule has 0 amide bonds. The van der Waals surface area contributed by atoms with Crippen molar-refractivity contribution in [2.24, 2.45) is 0 Å². The number of benzene rings is 2. The molecule has 2 rings (SSSR count). The predicted molar refractivity (Wildman–Crippen MR) is 79.5 cm³/mol. The molecule has 2 aromatic carbocycles. The van der Waals surface area contributed by atoms with Crippen LogP contribution in [-0.4, -0.2) is 5.11 Å². The molecular weight excluding hydrogens is 258 g/mol. The zero-order valence-corrected chi connectivity index (χ0v) is 11.9. The van der Waals surface area contributed by atoms with Crippen LogP contribution in [0.3, 0.4) is 0 Å². The standard InChI is InChI=1S/C16H18ClNO/c1-11(13-6-5-7-14(17)10-13)18-12(2)15-8-3-4-9-16(15)19/h3-12,18-19H,1-2H3/t11-,12?/m0/s1. The Hall–Kier alpha value is -1.51. The summed E-state index contributed by atoms with van der Waals surface area (Å²) in [4.78, 5) is 0. The monoisotopic (exact) mass is 275 g/mol. The molecule has 1 unspecified atom stereocenters. The van der Waals surface area contributed by atoms with Crippen molar-refractivity contribution in [3.8, 4) is 5.75 Å². The molecule has 0 saturated carbocycles. The molecule has 0 aromatic heterocycles. The average molecular weight is 276 g/mol. The molecule has 2 aromatic rings. The maximum absolute atomic E-state index is 9.85. The topological polar surface area (TPSA) is 32.3 Å². The number of phenolic OH excluding ortho intramolecular Hbond substituents is 1. The number of aromatic hydroxyl groups is 1. The van der Waals surface area contributed by atoms with E-state index in [0.29, 0.717) is 5.75 Å². The molecule has 0 bridgehead atoms. The van der Waals surface area contributed by atoms with Gasteiger partial charge >= 0.3 is 0 Å². The Bertz CT molecular complexity index is 556. The van der Waals surface area contributed by atoms with Gasteiger partial charge in [-0.15, -0.1) is 0 Å². The van der Waals surface area contributed by atoms with Gasteiger partial charge in [0.15, 0.2) is 0 Å². The second-order valence-electron chi connectivity index (χ2n) is 4.72. The molecule has 0 aliphatic heterocycles. The maximum Gasteiger partial charge on any atom is 0.120 e. The molecule has 0 radical (unpaired) electrons. The van der Waals surface area contributed by atoms with Crippen LogP contribution in [0.15, 0.2) is 48.5 Å². The first-order valence-corrected chi connectivity index (χ1v) is 6.75. The molecule has 0 heterocycles. The van der Waals surface area contributed by atoms with E-state index in [1.165, 1.54) is 0 Å². The highest BCUT2D eigenvalue weighted by molar-refractivity contribution is 6.30. The first-order chi connectivity index (χ1) is 9.08. The van der Waals surface area contributed by atoms with E-state index in [0.717, 1.165) is 16.1 Å². The Morgan fingerprint density at radius 3 is 2.42 bits per heavy atom. The predicted octanol–water partition coefficient (Wildman–Crippen LogP) is 4.46. The van der Waals surface area contributed by atoms with Crippen LogP contribution in [0.25, 0.3) is 0 Å². The van der Waals surface area contributed by atoms with Crippen molar-refractivity contribution >= 4 is 11.6 Å². The van der Waals surface area contributed by atoms with E-state index in [2.05, 4.69) is 12.2 Å². The van der Waals surface area contributed by atoms with E-state index in [1.54, 1.807) is 6.07 Å². The van der Waals surface area contributed by atoms with E-state index in [-0.39, 0.29) is 12.1 Å². The van der Waals surface area contributed by atoms with Gasteiger partial charge in [-0.3, -0.25) is 0 Å². The summed E-state index contributed by atoms with van der Waals surface area (Å²) >= 11 is 6.00. The van der Waals surface area contributed by atoms with Crippen molar-refractivity contribution in [3.05, 3.63) is 64.7 Å². The van der Waals surface area contributed by atoms with Gasteiger partial charge < -0.3 is 10.4 Å². The van der Waals surface area contributed by atoms with Crippen LogP contribution in [0.5, 0.6) is 5.75 Å². The van der Waals surface area contributed by atoms with Gasteiger partial charge in [0.1, 0.15) is 5.75 Å². The number of nitrogens with one attached hydrogen (secondary N) is 1. The van der Waals surface area contributed by atoms with Crippen molar-refractivity contribution in [2.45, 2.75) is 25.9 Å². The quantitative estimate of drug-likeness (QED) is 0.864. The summed E-state index contributed by atoms with van der Waals surface area (Å²) in [5.74, 6) is 0.320. The maximum atomic E-state index is 9.85. The van der Waals surface area contributed by atoms with Crippen LogP contribution < -0.4 is 5.32 Å². The summed E-state index contributed by atoms with van der Waals surface area (Å²) in [5, 5.41) is 14.0. The van der Waals surface area contributed by atoms with Crippen LogP contribution in [0.2, 0.25) is 5.02 Å². The van der Waals surface area contributed by atoms with E-state index >= 15 is 0 Å². The molecule has 2 N–H and O–H groups in total. The Morgan fingerprint density at radius 1 is 1.00 bits per heavy atom. The van der Waals surface area contributed by atoms with E-state index in [1.807, 2.05) is 49.4 Å². The average Bonchev–Trinajstić information content (AvgIpc) is 2.39. The van der Waals surface area contributed by atoms with Crippen LogP contribution in [-0.2, 0) is 0 Å². The van der Waals surface area contributed by atoms with Crippen LogP contribution in [0.1, 0.15) is 37.1 Å². The highest BCUT2D eigenvalue weighted by Gasteiger charge is 2.13. The summed E-state index contributed by atoms with van der Waals surface area (Å²) in [6.07, 6.45) is 0. The van der Waals surface area contributed by atoms with Crippen LogP contribution in [0.4, 0.5) is 0 Å². The summed E-state index contributed by atoms with van der Waals surface area (Å²) in [5.41, 5.74) is 2.03. The van der Waals surface area contributed by atoms with Gasteiger partial charge in [-0.1, -0.05) is 41.9 Å². The van der Waals surface area contributed by atoms with Gasteiger partial charge in [-0.25, -0.2) is 0 Å². The lowest BCUT2D eigenvalue weighted by molar-refractivity contribution is 0.438. The smallest absolute Gasteiger partial charge is 0.120 e. The highest BCUT2D eigenvalue weighted by atomic mass is 35.5. The van der Waals surface area contributed by atoms with Gasteiger partial charge in [0.25, 0.3) is 0 Å². The summed E-state index contributed by atoms with van der Waals surface area (Å²) < 4.78 is 0. The van der Waals surface area contributed by atoms with Crippen molar-refractivity contribution < 1.29 is 5.11 Å². The molecule has 3 heteroatoms. The third kappa shape index (κ3) is 3.49. The molecule has 19 heavy (non-hydrogen) atoms. The Morgan fingerprint density at radius 2 is 1.74 bits per heavy atom. The third-order valence-electron chi connectivity index (χ3n) is 3.25. The Labute approximate surface area is 119 Å². The first-order valence-electron chi connectivity index (χ1n) is 6.37. The SMILES string of the molecule is CC(N[C@@H](C)c1cccc(Cl)c1)c1ccccc1O. The zero-order chi connectivity index (χ0) is 13.8. The van der Waals surface area contributed by atoms with Crippen molar-refractivity contribution in [1.82, 2.24) is 5.32 Å². The van der Waals surface area contributed by atoms with Crippen LogP contribution >= 0.6 is 11.6 Å². The minimum absolute atomic E-state index is 0.0650. The van der Waals surface area contributed by atoms with Crippen molar-refractivity contribution in [1.29, 1.82) is 0 Å². The number of para-hydroxylation sites is 1. The number of phenols is 1. The minimum atomic E-state index is 0.0650. The fourth-order valence-corrected chi connectivity index (χ4v) is 2.39. The molecular formula is C16H18ClNO. The molecule has 2 nitrogen and oxygen atoms in total. The number of halogens is 1. The second-order valence-corrected chi connectivity index (χ2v) is 5.16. The van der Waals surface area contributed by atoms with Crippen LogP contribution in [0, 0.1) is 0 Å². The molecule has 0 fully saturated rings. The fraction of sp³-hybridized carbons (Fsp3) is 0.250. The molecule has 100 valence electrons. The summed E-state index contributed by atoms with van der Waals surface area (Å²) in [6, 6.07) is 15.4. The normalized spacial score (nSPS) is 14.1. The van der Waals surface area contributed by atoms with Crippen molar-refractivity contribution in [2.75, 3.05) is 0 Å². The zero-order valence-electron chi connectivity index (χ0n) is 11.1. The summed E-state index contributed by atoms with van der Waals surface area (Å²) in [6.45, 7) is 4.12. The van der Waals surface area contributed by atoms with Gasteiger partial charge in [0.2, 0.25) is 0 Å². The van der Waals surface area contributed by atoms with Gasteiger partial charge in [0.05, 0.1) is 0 Å². The molecule has 0 aliphatic rings. The number of hydrogen-bond acceptors (Lipinski definition) is 2. The van der Waals surface area contributed by atoms with Gasteiger partial charge in [-0.05, 0) is 37.6 Å². The molecule has 0 spiro atoms. The number of hydrogen-bond donors (Lipinski definition) is 2. The molecule has 0 aliphatic carbocycles. The largest absolute Gasteiger partial charge is 0.508 e. The van der Waals surface area contributed by atoms with E-state index < -0.39 is 0 Å². The van der Waals surface area contributed by atoms with Crippen molar-refractivity contribution in [3.63, 3.8) is 0 Å². The lowest BCUT2D eigenvalue weighted by Crippen LogP contribution is -2.22. The lowest BCUT2D eigenvalue weighted by Gasteiger charge is -2.21. The summed E-state index contributed by atoms with van der Waals surface area (Å²) in [7, 11) is 0. The lowest BCUT2D eigenvalue weighted by atomic mass is 10.0. The number of rotatable bonds is 4. The van der Waals surface area contributed by atoms with Gasteiger partial charge in [0, 0.05) is 22.7 Å².